The van der Waals surface area contributed by atoms with E-state index in [1.807, 2.05) is 0 Å². The molecule has 0 saturated carbocycles. The normalized spacial score (nSPS) is 11.9. The maximum absolute atomic E-state index is 9.92. The van der Waals surface area contributed by atoms with Gasteiger partial charge in [-0.15, -0.1) is 5.09 Å². The van der Waals surface area contributed by atoms with Crippen LogP contribution in [-0.2, 0) is 4.57 Å². The number of rotatable bonds is 3. The SMILES string of the molecule is CCC[N]P(=O)(O)O. The third-order valence-corrected chi connectivity index (χ3v) is 1.08. The van der Waals surface area contributed by atoms with Gasteiger partial charge in [0.25, 0.3) is 0 Å². The smallest absolute Gasteiger partial charge is 0.312 e. The molecule has 2 N–H and O–H groups in total. The van der Waals surface area contributed by atoms with Crippen molar-refractivity contribution in [3.05, 3.63) is 0 Å². The van der Waals surface area contributed by atoms with Crippen LogP contribution in [0.4, 0.5) is 0 Å². The lowest BCUT2D eigenvalue weighted by Gasteiger charge is -1.98. The predicted octanol–water partition coefficient (Wildman–Crippen LogP) is 0.0935. The molecule has 4 nitrogen and oxygen atoms in total. The highest BCUT2D eigenvalue weighted by Gasteiger charge is 2.10. The Hall–Kier alpha value is 0.110. The molecule has 0 aliphatic heterocycles. The Kier molecular flexibility index (Phi) is 3.24. The van der Waals surface area contributed by atoms with Gasteiger partial charge in [0, 0.05) is 6.54 Å². The molecule has 0 spiro atoms. The second-order valence-corrected chi connectivity index (χ2v) is 2.69. The van der Waals surface area contributed by atoms with Gasteiger partial charge in [-0.3, -0.25) is 0 Å². The highest BCUT2D eigenvalue weighted by atomic mass is 31.2. The molecule has 8 heavy (non-hydrogen) atoms. The van der Waals surface area contributed by atoms with E-state index in [9.17, 15) is 4.57 Å². The van der Waals surface area contributed by atoms with Gasteiger partial charge in [-0.25, -0.2) is 4.57 Å². The topological polar surface area (TPSA) is 71.6 Å². The van der Waals surface area contributed by atoms with Crippen molar-refractivity contribution in [2.45, 2.75) is 13.3 Å². The quantitative estimate of drug-likeness (QED) is 0.543. The maximum atomic E-state index is 9.92. The van der Waals surface area contributed by atoms with Crippen LogP contribution in [0.15, 0.2) is 0 Å². The van der Waals surface area contributed by atoms with Crippen molar-refractivity contribution in [2.24, 2.45) is 0 Å². The molecular weight excluding hydrogens is 129 g/mol. The molecule has 0 amide bonds. The van der Waals surface area contributed by atoms with E-state index in [1.54, 1.807) is 6.92 Å². The first-order valence-corrected chi connectivity index (χ1v) is 3.87. The number of hydrogen-bond donors (Lipinski definition) is 2. The van der Waals surface area contributed by atoms with E-state index in [0.29, 0.717) is 6.42 Å². The summed E-state index contributed by atoms with van der Waals surface area (Å²) in [7, 11) is -4.06. The minimum absolute atomic E-state index is 0.240. The van der Waals surface area contributed by atoms with Crippen molar-refractivity contribution >= 4 is 7.75 Å². The van der Waals surface area contributed by atoms with E-state index in [-0.39, 0.29) is 6.54 Å². The van der Waals surface area contributed by atoms with Gasteiger partial charge in [-0.1, -0.05) is 6.92 Å². The van der Waals surface area contributed by atoms with Gasteiger partial charge in [-0.05, 0) is 6.42 Å². The highest BCUT2D eigenvalue weighted by Crippen LogP contribution is 2.29. The van der Waals surface area contributed by atoms with E-state index in [0.717, 1.165) is 0 Å². The van der Waals surface area contributed by atoms with E-state index in [2.05, 4.69) is 5.09 Å². The summed E-state index contributed by atoms with van der Waals surface area (Å²) in [5.74, 6) is 0. The first-order chi connectivity index (χ1) is 3.56. The Morgan fingerprint density at radius 1 is 1.62 bits per heavy atom. The van der Waals surface area contributed by atoms with Crippen LogP contribution in [0.5, 0.6) is 0 Å². The lowest BCUT2D eigenvalue weighted by Crippen LogP contribution is -2.00. The summed E-state index contributed by atoms with van der Waals surface area (Å²) < 4.78 is 9.92. The average molecular weight is 138 g/mol. The van der Waals surface area contributed by atoms with Gasteiger partial charge in [-0.2, -0.15) is 0 Å². The fourth-order valence-corrected chi connectivity index (χ4v) is 0.691. The van der Waals surface area contributed by atoms with E-state index < -0.39 is 7.75 Å². The van der Waals surface area contributed by atoms with E-state index in [4.69, 9.17) is 9.79 Å². The molecule has 0 unspecified atom stereocenters. The Labute approximate surface area is 48.1 Å². The number of nitrogens with zero attached hydrogens (tertiary/aromatic N) is 1. The van der Waals surface area contributed by atoms with Crippen molar-refractivity contribution in [1.82, 2.24) is 5.09 Å². The van der Waals surface area contributed by atoms with Crippen LogP contribution >= 0.6 is 7.75 Å². The summed E-state index contributed by atoms with van der Waals surface area (Å²) in [5, 5.41) is 3.04. The average Bonchev–Trinajstić information content (AvgIpc) is 1.59. The minimum Gasteiger partial charge on any atom is -0.312 e. The van der Waals surface area contributed by atoms with Crippen LogP contribution in [0.25, 0.3) is 0 Å². The lowest BCUT2D eigenvalue weighted by atomic mass is 10.5. The third kappa shape index (κ3) is 6.11. The standard InChI is InChI=1S/C3H9NO3P/c1-2-3-4-8(5,6)7/h2-3H2,1H3,(H2,5,6,7). The molecule has 0 aromatic rings. The second kappa shape index (κ2) is 3.20. The molecule has 0 aromatic heterocycles. The first-order valence-electron chi connectivity index (χ1n) is 2.31. The molecule has 0 aliphatic rings. The predicted molar refractivity (Wildman–Crippen MR) is 29.3 cm³/mol. The molecule has 5 heteroatoms. The zero-order valence-electron chi connectivity index (χ0n) is 4.61. The summed E-state index contributed by atoms with van der Waals surface area (Å²) in [6.45, 7) is 2.05. The molecule has 0 bridgehead atoms. The van der Waals surface area contributed by atoms with Crippen LogP contribution in [0.3, 0.4) is 0 Å². The van der Waals surface area contributed by atoms with Gasteiger partial charge >= 0.3 is 7.75 Å². The zero-order valence-corrected chi connectivity index (χ0v) is 5.51. The van der Waals surface area contributed by atoms with Crippen molar-refractivity contribution in [2.75, 3.05) is 6.54 Å². The molecule has 0 rings (SSSR count). The fourth-order valence-electron chi connectivity index (χ4n) is 0.230. The van der Waals surface area contributed by atoms with Crippen molar-refractivity contribution in [1.29, 1.82) is 0 Å². The van der Waals surface area contributed by atoms with Crippen LogP contribution < -0.4 is 5.09 Å². The maximum Gasteiger partial charge on any atom is 0.417 e. The van der Waals surface area contributed by atoms with Crippen molar-refractivity contribution in [3.63, 3.8) is 0 Å². The van der Waals surface area contributed by atoms with Crippen LogP contribution in [0.1, 0.15) is 13.3 Å². The fraction of sp³-hybridized carbons (Fsp3) is 1.00. The van der Waals surface area contributed by atoms with E-state index in [1.165, 1.54) is 0 Å². The largest absolute Gasteiger partial charge is 0.417 e. The number of hydrogen-bond acceptors (Lipinski definition) is 1. The van der Waals surface area contributed by atoms with Crippen molar-refractivity contribution < 1.29 is 14.4 Å². The van der Waals surface area contributed by atoms with Crippen LogP contribution in [0.2, 0.25) is 0 Å². The van der Waals surface area contributed by atoms with Gasteiger partial charge in [0.15, 0.2) is 0 Å². The molecule has 0 fully saturated rings. The molecular formula is C3H9NO3P. The summed E-state index contributed by atoms with van der Waals surface area (Å²) in [6.07, 6.45) is 0.672. The molecule has 0 heterocycles. The van der Waals surface area contributed by atoms with Gasteiger partial charge < -0.3 is 9.79 Å². The first kappa shape index (κ1) is 8.11. The molecule has 0 aromatic carbocycles. The summed E-state index contributed by atoms with van der Waals surface area (Å²) in [6, 6.07) is 0. The molecule has 49 valence electrons. The van der Waals surface area contributed by atoms with Gasteiger partial charge in [0.2, 0.25) is 0 Å². The third-order valence-electron chi connectivity index (χ3n) is 0.508. The Morgan fingerprint density at radius 3 is 2.25 bits per heavy atom. The summed E-state index contributed by atoms with van der Waals surface area (Å²) in [4.78, 5) is 16.2. The summed E-state index contributed by atoms with van der Waals surface area (Å²) in [5.41, 5.74) is 0. The Morgan fingerprint density at radius 2 is 2.12 bits per heavy atom. The Bertz CT molecular complexity index is 98.7. The highest BCUT2D eigenvalue weighted by molar-refractivity contribution is 7.49. The zero-order chi connectivity index (χ0) is 6.62. The molecule has 0 saturated heterocycles. The van der Waals surface area contributed by atoms with E-state index >= 15 is 0 Å². The lowest BCUT2D eigenvalue weighted by molar-refractivity contribution is 0.356. The minimum atomic E-state index is -4.06. The van der Waals surface area contributed by atoms with Crippen molar-refractivity contribution in [3.8, 4) is 0 Å². The molecule has 0 aliphatic carbocycles. The second-order valence-electron chi connectivity index (χ2n) is 1.38. The van der Waals surface area contributed by atoms with Gasteiger partial charge in [0.05, 0.1) is 0 Å². The molecule has 1 radical (unpaired) electrons. The van der Waals surface area contributed by atoms with Gasteiger partial charge in [0.1, 0.15) is 0 Å². The Balaban J connectivity index is 3.26. The summed E-state index contributed by atoms with van der Waals surface area (Å²) >= 11 is 0. The molecule has 0 atom stereocenters. The van der Waals surface area contributed by atoms with Crippen LogP contribution in [-0.4, -0.2) is 16.3 Å². The monoisotopic (exact) mass is 138 g/mol. The van der Waals surface area contributed by atoms with Crippen LogP contribution in [0, 0.1) is 0 Å².